The molecule has 4 nitrogen and oxygen atoms in total. The van der Waals surface area contributed by atoms with Crippen molar-refractivity contribution in [3.8, 4) is 0 Å². The standard InChI is InChI=1S/C11H11ClFNO3/c1-17-11(16)8-6-7(2-3-9(8)13)14-10(15)4-5-12/h2-3,6H,4-5H2,1H3,(H,14,15). The number of alkyl halides is 1. The van der Waals surface area contributed by atoms with Crippen molar-refractivity contribution in [2.24, 2.45) is 0 Å². The number of hydrogen-bond acceptors (Lipinski definition) is 3. The van der Waals surface area contributed by atoms with Gasteiger partial charge >= 0.3 is 5.97 Å². The molecule has 1 aromatic rings. The van der Waals surface area contributed by atoms with Crippen LogP contribution < -0.4 is 5.32 Å². The highest BCUT2D eigenvalue weighted by Gasteiger charge is 2.13. The van der Waals surface area contributed by atoms with Gasteiger partial charge in [0.1, 0.15) is 5.82 Å². The van der Waals surface area contributed by atoms with Gasteiger partial charge in [0.15, 0.2) is 0 Å². The third kappa shape index (κ3) is 3.71. The van der Waals surface area contributed by atoms with Gasteiger partial charge < -0.3 is 10.1 Å². The van der Waals surface area contributed by atoms with Crippen LogP contribution in [0.25, 0.3) is 0 Å². The van der Waals surface area contributed by atoms with Crippen molar-refractivity contribution in [1.82, 2.24) is 0 Å². The van der Waals surface area contributed by atoms with Gasteiger partial charge in [-0.1, -0.05) is 0 Å². The van der Waals surface area contributed by atoms with Crippen LogP contribution in [-0.2, 0) is 9.53 Å². The molecular weight excluding hydrogens is 249 g/mol. The van der Waals surface area contributed by atoms with Crippen LogP contribution >= 0.6 is 11.6 Å². The van der Waals surface area contributed by atoms with Crippen molar-refractivity contribution in [3.05, 3.63) is 29.6 Å². The number of benzene rings is 1. The first-order valence-electron chi connectivity index (χ1n) is 4.82. The zero-order chi connectivity index (χ0) is 12.8. The van der Waals surface area contributed by atoms with Gasteiger partial charge in [-0.05, 0) is 18.2 Å². The Balaban J connectivity index is 2.89. The lowest BCUT2D eigenvalue weighted by Crippen LogP contribution is -2.13. The van der Waals surface area contributed by atoms with Gasteiger partial charge in [-0.25, -0.2) is 9.18 Å². The van der Waals surface area contributed by atoms with Crippen LogP contribution in [0.3, 0.4) is 0 Å². The molecule has 0 heterocycles. The first kappa shape index (κ1) is 13.4. The molecular formula is C11H11ClFNO3. The molecule has 17 heavy (non-hydrogen) atoms. The number of hydrogen-bond donors (Lipinski definition) is 1. The van der Waals surface area contributed by atoms with Crippen molar-refractivity contribution in [2.45, 2.75) is 6.42 Å². The van der Waals surface area contributed by atoms with Crippen LogP contribution in [0.4, 0.5) is 10.1 Å². The number of anilines is 1. The summed E-state index contributed by atoms with van der Waals surface area (Å²) >= 11 is 5.40. The highest BCUT2D eigenvalue weighted by Crippen LogP contribution is 2.16. The summed E-state index contributed by atoms with van der Waals surface area (Å²) in [5.74, 6) is -1.61. The fourth-order valence-electron chi connectivity index (χ4n) is 1.18. The van der Waals surface area contributed by atoms with Crippen LogP contribution in [0.5, 0.6) is 0 Å². The summed E-state index contributed by atoms with van der Waals surface area (Å²) in [5.41, 5.74) is 0.0955. The molecule has 1 aromatic carbocycles. The van der Waals surface area contributed by atoms with Crippen LogP contribution in [0.2, 0.25) is 0 Å². The predicted octanol–water partition coefficient (Wildman–Crippen LogP) is 2.18. The molecule has 6 heteroatoms. The molecule has 0 saturated heterocycles. The average Bonchev–Trinajstić information content (AvgIpc) is 2.31. The lowest BCUT2D eigenvalue weighted by molar-refractivity contribution is -0.115. The molecule has 0 unspecified atom stereocenters. The SMILES string of the molecule is COC(=O)c1cc(NC(=O)CCCl)ccc1F. The van der Waals surface area contributed by atoms with E-state index in [0.717, 1.165) is 13.2 Å². The highest BCUT2D eigenvalue weighted by molar-refractivity contribution is 6.19. The Kier molecular flexibility index (Phi) is 4.90. The van der Waals surface area contributed by atoms with Crippen molar-refractivity contribution in [2.75, 3.05) is 18.3 Å². The zero-order valence-corrected chi connectivity index (χ0v) is 9.88. The second-order valence-electron chi connectivity index (χ2n) is 3.17. The van der Waals surface area contributed by atoms with E-state index in [4.69, 9.17) is 11.6 Å². The van der Waals surface area contributed by atoms with Gasteiger partial charge in [0, 0.05) is 18.0 Å². The van der Waals surface area contributed by atoms with Gasteiger partial charge in [-0.2, -0.15) is 0 Å². The maximum absolute atomic E-state index is 13.3. The average molecular weight is 260 g/mol. The number of carbonyl (C=O) groups is 2. The number of methoxy groups -OCH3 is 1. The molecule has 0 saturated carbocycles. The maximum atomic E-state index is 13.3. The zero-order valence-electron chi connectivity index (χ0n) is 9.13. The molecule has 0 radical (unpaired) electrons. The van der Waals surface area contributed by atoms with Crippen molar-refractivity contribution < 1.29 is 18.7 Å². The highest BCUT2D eigenvalue weighted by atomic mass is 35.5. The van der Waals surface area contributed by atoms with E-state index in [2.05, 4.69) is 10.1 Å². The first-order valence-corrected chi connectivity index (χ1v) is 5.35. The van der Waals surface area contributed by atoms with Crippen molar-refractivity contribution in [3.63, 3.8) is 0 Å². The number of halogens is 2. The van der Waals surface area contributed by atoms with E-state index in [1.807, 2.05) is 0 Å². The monoisotopic (exact) mass is 259 g/mol. The van der Waals surface area contributed by atoms with Crippen molar-refractivity contribution >= 4 is 29.2 Å². The molecule has 1 amide bonds. The lowest BCUT2D eigenvalue weighted by atomic mass is 10.2. The molecule has 0 atom stereocenters. The van der Waals surface area contributed by atoms with Gasteiger partial charge in [0.2, 0.25) is 5.91 Å². The fraction of sp³-hybridized carbons (Fsp3) is 0.273. The Morgan fingerprint density at radius 2 is 2.18 bits per heavy atom. The Bertz CT molecular complexity index is 437. The molecule has 1 rings (SSSR count). The van der Waals surface area contributed by atoms with Crippen LogP contribution in [0.15, 0.2) is 18.2 Å². The summed E-state index contributed by atoms with van der Waals surface area (Å²) in [5, 5.41) is 2.49. The van der Waals surface area contributed by atoms with Crippen molar-refractivity contribution in [1.29, 1.82) is 0 Å². The minimum atomic E-state index is -0.795. The molecule has 1 N–H and O–H groups in total. The number of nitrogens with one attached hydrogen (secondary N) is 1. The van der Waals surface area contributed by atoms with Crippen LogP contribution in [0, 0.1) is 5.82 Å². The largest absolute Gasteiger partial charge is 0.465 e. The summed E-state index contributed by atoms with van der Waals surface area (Å²) in [6, 6.07) is 3.66. The Morgan fingerprint density at radius 3 is 2.76 bits per heavy atom. The molecule has 0 fully saturated rings. The quantitative estimate of drug-likeness (QED) is 0.666. The Labute approximate surface area is 103 Å². The second-order valence-corrected chi connectivity index (χ2v) is 3.55. The summed E-state index contributed by atoms with van der Waals surface area (Å²) in [7, 11) is 1.15. The minimum Gasteiger partial charge on any atom is -0.465 e. The Hall–Kier alpha value is -1.62. The summed E-state index contributed by atoms with van der Waals surface area (Å²) in [6.45, 7) is 0. The third-order valence-electron chi connectivity index (χ3n) is 1.98. The van der Waals surface area contributed by atoms with E-state index in [0.29, 0.717) is 5.69 Å². The first-order chi connectivity index (χ1) is 8.08. The van der Waals surface area contributed by atoms with Gasteiger partial charge in [-0.15, -0.1) is 11.6 Å². The van der Waals surface area contributed by atoms with E-state index in [1.165, 1.54) is 12.1 Å². The number of carbonyl (C=O) groups excluding carboxylic acids is 2. The molecule has 0 aromatic heterocycles. The molecule has 0 spiro atoms. The third-order valence-corrected chi connectivity index (χ3v) is 2.17. The predicted molar refractivity (Wildman–Crippen MR) is 61.7 cm³/mol. The maximum Gasteiger partial charge on any atom is 0.340 e. The lowest BCUT2D eigenvalue weighted by Gasteiger charge is -2.06. The molecule has 0 aliphatic carbocycles. The minimum absolute atomic E-state index is 0.145. The number of ether oxygens (including phenoxy) is 1. The van der Waals surface area contributed by atoms with Gasteiger partial charge in [0.05, 0.1) is 12.7 Å². The van der Waals surface area contributed by atoms with E-state index in [1.54, 1.807) is 0 Å². The normalized spacial score (nSPS) is 9.82. The molecule has 0 aliphatic heterocycles. The van der Waals surface area contributed by atoms with E-state index >= 15 is 0 Å². The summed E-state index contributed by atoms with van der Waals surface area (Å²) < 4.78 is 17.7. The van der Waals surface area contributed by atoms with Crippen LogP contribution in [-0.4, -0.2) is 24.9 Å². The molecule has 0 aliphatic rings. The van der Waals surface area contributed by atoms with E-state index in [9.17, 15) is 14.0 Å². The second kappa shape index (κ2) is 6.20. The topological polar surface area (TPSA) is 55.4 Å². The fourth-order valence-corrected chi connectivity index (χ4v) is 1.35. The number of esters is 1. The van der Waals surface area contributed by atoms with Crippen LogP contribution in [0.1, 0.15) is 16.8 Å². The molecule has 0 bridgehead atoms. The Morgan fingerprint density at radius 1 is 1.47 bits per heavy atom. The van der Waals surface area contributed by atoms with E-state index in [-0.39, 0.29) is 23.8 Å². The van der Waals surface area contributed by atoms with Gasteiger partial charge in [-0.3, -0.25) is 4.79 Å². The van der Waals surface area contributed by atoms with E-state index < -0.39 is 11.8 Å². The molecule has 92 valence electrons. The summed E-state index contributed by atoms with van der Waals surface area (Å²) in [6.07, 6.45) is 0.145. The summed E-state index contributed by atoms with van der Waals surface area (Å²) in [4.78, 5) is 22.4. The smallest absolute Gasteiger partial charge is 0.340 e. The van der Waals surface area contributed by atoms with Gasteiger partial charge in [0.25, 0.3) is 0 Å². The number of rotatable bonds is 4. The number of amides is 1.